The summed E-state index contributed by atoms with van der Waals surface area (Å²) in [5.41, 5.74) is 1.26. The summed E-state index contributed by atoms with van der Waals surface area (Å²) in [6, 6.07) is 7.31. The minimum Gasteiger partial charge on any atom is -0.350 e. The molecule has 148 valence electrons. The standard InChI is InChI=1S/C20H34N2O3S/c1-15(2)16-9-11-17(12-10-16)22(26(8,24)25)13-18(23)21-20(6,7)14-19(3,4)5/h9-12,15H,13-14H2,1-8H3,(H,21,23). The molecule has 0 radical (unpaired) electrons. The fraction of sp³-hybridized carbons (Fsp3) is 0.650. The minimum atomic E-state index is -3.56. The molecule has 0 unspecified atom stereocenters. The van der Waals surface area contributed by atoms with Crippen LogP contribution in [0.25, 0.3) is 0 Å². The van der Waals surface area contributed by atoms with Crippen LogP contribution in [0.4, 0.5) is 5.69 Å². The van der Waals surface area contributed by atoms with Crippen molar-refractivity contribution < 1.29 is 13.2 Å². The molecule has 6 heteroatoms. The van der Waals surface area contributed by atoms with Gasteiger partial charge in [0, 0.05) is 5.54 Å². The average Bonchev–Trinajstić information content (AvgIpc) is 2.40. The van der Waals surface area contributed by atoms with Gasteiger partial charge < -0.3 is 5.32 Å². The Balaban J connectivity index is 2.97. The van der Waals surface area contributed by atoms with Gasteiger partial charge in [0.25, 0.3) is 0 Å². The predicted octanol–water partition coefficient (Wildman–Crippen LogP) is 3.91. The van der Waals surface area contributed by atoms with E-state index in [1.54, 1.807) is 12.1 Å². The predicted molar refractivity (Wildman–Crippen MR) is 109 cm³/mol. The maximum atomic E-state index is 12.5. The zero-order chi connectivity index (χ0) is 20.3. The van der Waals surface area contributed by atoms with Crippen LogP contribution in [0.3, 0.4) is 0 Å². The zero-order valence-electron chi connectivity index (χ0n) is 17.4. The lowest BCUT2D eigenvalue weighted by molar-refractivity contribution is -0.121. The molecule has 1 N–H and O–H groups in total. The van der Waals surface area contributed by atoms with E-state index in [1.807, 2.05) is 26.0 Å². The van der Waals surface area contributed by atoms with Crippen LogP contribution in [0.1, 0.15) is 66.4 Å². The molecule has 26 heavy (non-hydrogen) atoms. The van der Waals surface area contributed by atoms with Gasteiger partial charge in [-0.1, -0.05) is 46.8 Å². The van der Waals surface area contributed by atoms with E-state index >= 15 is 0 Å². The Bertz CT molecular complexity index is 714. The molecular weight excluding hydrogens is 348 g/mol. The Kier molecular flexibility index (Phi) is 6.91. The Morgan fingerprint density at radius 3 is 1.96 bits per heavy atom. The third-order valence-electron chi connectivity index (χ3n) is 3.99. The number of benzene rings is 1. The molecule has 0 aliphatic rings. The van der Waals surface area contributed by atoms with E-state index in [9.17, 15) is 13.2 Å². The summed E-state index contributed by atoms with van der Waals surface area (Å²) >= 11 is 0. The van der Waals surface area contributed by atoms with Gasteiger partial charge in [0.2, 0.25) is 15.9 Å². The summed E-state index contributed by atoms with van der Waals surface area (Å²) in [5, 5.41) is 2.97. The molecular formula is C20H34N2O3S. The van der Waals surface area contributed by atoms with Gasteiger partial charge in [-0.25, -0.2) is 8.42 Å². The Labute approximate surface area is 159 Å². The number of anilines is 1. The van der Waals surface area contributed by atoms with E-state index in [-0.39, 0.29) is 17.9 Å². The van der Waals surface area contributed by atoms with Crippen LogP contribution in [0.15, 0.2) is 24.3 Å². The van der Waals surface area contributed by atoms with Crippen LogP contribution in [0.5, 0.6) is 0 Å². The number of nitrogens with one attached hydrogen (secondary N) is 1. The van der Waals surface area contributed by atoms with Crippen LogP contribution in [0, 0.1) is 5.41 Å². The van der Waals surface area contributed by atoms with Crippen molar-refractivity contribution in [2.24, 2.45) is 5.41 Å². The summed E-state index contributed by atoms with van der Waals surface area (Å²) < 4.78 is 25.6. The molecule has 5 nitrogen and oxygen atoms in total. The van der Waals surface area contributed by atoms with Crippen molar-refractivity contribution in [3.63, 3.8) is 0 Å². The van der Waals surface area contributed by atoms with Crippen molar-refractivity contribution in [3.8, 4) is 0 Å². The monoisotopic (exact) mass is 382 g/mol. The quantitative estimate of drug-likeness (QED) is 0.777. The van der Waals surface area contributed by atoms with Crippen molar-refractivity contribution in [2.45, 2.75) is 66.3 Å². The van der Waals surface area contributed by atoms with Crippen LogP contribution < -0.4 is 9.62 Å². The van der Waals surface area contributed by atoms with Crippen LogP contribution in [-0.2, 0) is 14.8 Å². The molecule has 0 aromatic heterocycles. The lowest BCUT2D eigenvalue weighted by Gasteiger charge is -2.34. The van der Waals surface area contributed by atoms with Gasteiger partial charge in [-0.3, -0.25) is 9.10 Å². The number of rotatable bonds is 7. The first kappa shape index (κ1) is 22.5. The molecule has 1 aromatic carbocycles. The molecule has 0 atom stereocenters. The van der Waals surface area contributed by atoms with Crippen LogP contribution >= 0.6 is 0 Å². The second-order valence-electron chi connectivity index (χ2n) is 9.19. The van der Waals surface area contributed by atoms with Crippen molar-refractivity contribution in [3.05, 3.63) is 29.8 Å². The number of sulfonamides is 1. The van der Waals surface area contributed by atoms with Gasteiger partial charge in [0.1, 0.15) is 6.54 Å². The first-order valence-electron chi connectivity index (χ1n) is 8.99. The molecule has 1 aromatic rings. The van der Waals surface area contributed by atoms with E-state index in [0.717, 1.165) is 22.5 Å². The second kappa shape index (κ2) is 7.99. The highest BCUT2D eigenvalue weighted by atomic mass is 32.2. The van der Waals surface area contributed by atoms with Gasteiger partial charge in [-0.2, -0.15) is 0 Å². The lowest BCUT2D eigenvalue weighted by atomic mass is 9.82. The summed E-state index contributed by atoms with van der Waals surface area (Å²) in [6.07, 6.45) is 1.91. The largest absolute Gasteiger partial charge is 0.350 e. The molecule has 1 amide bonds. The van der Waals surface area contributed by atoms with Crippen molar-refractivity contribution in [2.75, 3.05) is 17.1 Å². The number of carbonyl (C=O) groups is 1. The van der Waals surface area contributed by atoms with Gasteiger partial charge in [0.15, 0.2) is 0 Å². The number of hydrogen-bond acceptors (Lipinski definition) is 3. The van der Waals surface area contributed by atoms with Gasteiger partial charge in [-0.15, -0.1) is 0 Å². The fourth-order valence-corrected chi connectivity index (χ4v) is 4.20. The molecule has 1 rings (SSSR count). The molecule has 0 bridgehead atoms. The third kappa shape index (κ3) is 7.36. The maximum absolute atomic E-state index is 12.5. The number of amides is 1. The number of carbonyl (C=O) groups excluding carboxylic acids is 1. The highest BCUT2D eigenvalue weighted by molar-refractivity contribution is 7.92. The van der Waals surface area contributed by atoms with Gasteiger partial charge in [0.05, 0.1) is 11.9 Å². The van der Waals surface area contributed by atoms with Crippen LogP contribution in [-0.4, -0.2) is 32.7 Å². The molecule has 0 spiro atoms. The SMILES string of the molecule is CC(C)c1ccc(N(CC(=O)NC(C)(C)CC(C)(C)C)S(C)(=O)=O)cc1. The van der Waals surface area contributed by atoms with Crippen molar-refractivity contribution >= 4 is 21.6 Å². The molecule has 0 aliphatic heterocycles. The minimum absolute atomic E-state index is 0.0555. The van der Waals surface area contributed by atoms with E-state index in [2.05, 4.69) is 39.9 Å². The Morgan fingerprint density at radius 2 is 1.58 bits per heavy atom. The molecule has 0 aliphatic carbocycles. The van der Waals surface area contributed by atoms with Crippen molar-refractivity contribution in [1.82, 2.24) is 5.32 Å². The van der Waals surface area contributed by atoms with E-state index < -0.39 is 15.6 Å². The molecule has 0 saturated heterocycles. The Morgan fingerprint density at radius 1 is 1.08 bits per heavy atom. The number of hydrogen-bond donors (Lipinski definition) is 1. The molecule has 0 fully saturated rings. The Hall–Kier alpha value is -1.56. The highest BCUT2D eigenvalue weighted by Gasteiger charge is 2.29. The maximum Gasteiger partial charge on any atom is 0.241 e. The van der Waals surface area contributed by atoms with E-state index in [1.165, 1.54) is 0 Å². The normalized spacial score (nSPS) is 13.0. The summed E-state index contributed by atoms with van der Waals surface area (Å²) in [4.78, 5) is 12.5. The first-order valence-corrected chi connectivity index (χ1v) is 10.8. The molecule has 0 saturated carbocycles. The summed E-state index contributed by atoms with van der Waals surface area (Å²) in [6.45, 7) is 14.2. The zero-order valence-corrected chi connectivity index (χ0v) is 18.2. The van der Waals surface area contributed by atoms with E-state index in [4.69, 9.17) is 0 Å². The lowest BCUT2D eigenvalue weighted by Crippen LogP contribution is -2.50. The highest BCUT2D eigenvalue weighted by Crippen LogP contribution is 2.27. The number of nitrogens with zero attached hydrogens (tertiary/aromatic N) is 1. The second-order valence-corrected chi connectivity index (χ2v) is 11.1. The van der Waals surface area contributed by atoms with Gasteiger partial charge >= 0.3 is 0 Å². The third-order valence-corrected chi connectivity index (χ3v) is 5.13. The first-order chi connectivity index (χ1) is 11.6. The van der Waals surface area contributed by atoms with Crippen LogP contribution in [0.2, 0.25) is 0 Å². The smallest absolute Gasteiger partial charge is 0.241 e. The fourth-order valence-electron chi connectivity index (χ4n) is 3.34. The van der Waals surface area contributed by atoms with E-state index in [0.29, 0.717) is 11.6 Å². The average molecular weight is 383 g/mol. The van der Waals surface area contributed by atoms with Crippen molar-refractivity contribution in [1.29, 1.82) is 0 Å². The summed E-state index contributed by atoms with van der Waals surface area (Å²) in [7, 11) is -3.56. The summed E-state index contributed by atoms with van der Waals surface area (Å²) in [5.74, 6) is 0.0508. The van der Waals surface area contributed by atoms with Gasteiger partial charge in [-0.05, 0) is 49.3 Å². The molecule has 0 heterocycles. The topological polar surface area (TPSA) is 66.5 Å².